The number of carbonyl (C=O) groups excluding carboxylic acids is 1. The predicted molar refractivity (Wildman–Crippen MR) is 98.3 cm³/mol. The fraction of sp³-hybridized carbons (Fsp3) is 0.263. The second-order valence-electron chi connectivity index (χ2n) is 6.48. The normalized spacial score (nSPS) is 14.3. The third-order valence-corrected chi connectivity index (χ3v) is 4.64. The van der Waals surface area contributed by atoms with Crippen LogP contribution < -0.4 is 5.32 Å². The van der Waals surface area contributed by atoms with E-state index in [0.29, 0.717) is 0 Å². The lowest BCUT2D eigenvalue weighted by molar-refractivity contribution is -0.143. The Morgan fingerprint density at radius 1 is 1.19 bits per heavy atom. The number of aliphatic carboxylic acids is 1. The summed E-state index contributed by atoms with van der Waals surface area (Å²) in [6, 6.07) is 15.8. The summed E-state index contributed by atoms with van der Waals surface area (Å²) < 4.78 is 5.32. The molecule has 0 aromatic heterocycles. The van der Waals surface area contributed by atoms with Crippen molar-refractivity contribution < 1.29 is 19.4 Å². The molecule has 1 aliphatic rings. The van der Waals surface area contributed by atoms with Gasteiger partial charge in [-0.1, -0.05) is 53.6 Å². The van der Waals surface area contributed by atoms with Crippen LogP contribution in [0.3, 0.4) is 0 Å². The maximum absolute atomic E-state index is 12.2. The molecule has 0 saturated heterocycles. The average Bonchev–Trinajstić information content (AvgIpc) is 2.98. The van der Waals surface area contributed by atoms with Gasteiger partial charge in [0.05, 0.1) is 6.54 Å². The van der Waals surface area contributed by atoms with Crippen LogP contribution in [0.1, 0.15) is 24.0 Å². The number of azide groups is 1. The fourth-order valence-corrected chi connectivity index (χ4v) is 3.19. The van der Waals surface area contributed by atoms with Crippen molar-refractivity contribution in [2.24, 2.45) is 5.11 Å². The van der Waals surface area contributed by atoms with Crippen LogP contribution in [0.25, 0.3) is 21.6 Å². The molecule has 1 amide bonds. The molecule has 0 spiro atoms. The van der Waals surface area contributed by atoms with Crippen molar-refractivity contribution in [3.8, 4) is 11.1 Å². The van der Waals surface area contributed by atoms with E-state index in [4.69, 9.17) is 10.3 Å². The van der Waals surface area contributed by atoms with Crippen molar-refractivity contribution in [1.29, 1.82) is 0 Å². The number of nitrogens with one attached hydrogen (secondary N) is 1. The standard InChI is InChI=1S/C19H18N4O4/c1-19(17(24)25,11-21-23-20)22-18(26)27-10-16-14-8-4-2-6-12(14)13-7-3-5-9-15(13)16/h2-9,16H,10-11H2,1H3,(H,22,26)(H,24,25)/t19-/m1/s1. The first-order chi connectivity index (χ1) is 13.0. The first kappa shape index (κ1) is 18.3. The highest BCUT2D eigenvalue weighted by molar-refractivity contribution is 5.84. The molecule has 138 valence electrons. The highest BCUT2D eigenvalue weighted by Gasteiger charge is 2.35. The van der Waals surface area contributed by atoms with Gasteiger partial charge in [0.2, 0.25) is 0 Å². The van der Waals surface area contributed by atoms with Gasteiger partial charge in [0.1, 0.15) is 12.1 Å². The van der Waals surface area contributed by atoms with Gasteiger partial charge in [-0.3, -0.25) is 0 Å². The Balaban J connectivity index is 1.74. The van der Waals surface area contributed by atoms with Gasteiger partial charge in [0.25, 0.3) is 0 Å². The third-order valence-electron chi connectivity index (χ3n) is 4.64. The molecule has 2 aromatic carbocycles. The van der Waals surface area contributed by atoms with Crippen molar-refractivity contribution in [2.45, 2.75) is 18.4 Å². The number of ether oxygens (including phenoxy) is 1. The van der Waals surface area contributed by atoms with Crippen LogP contribution in [0.15, 0.2) is 53.6 Å². The lowest BCUT2D eigenvalue weighted by atomic mass is 9.98. The van der Waals surface area contributed by atoms with Crippen molar-refractivity contribution >= 4 is 12.1 Å². The number of hydrogen-bond acceptors (Lipinski definition) is 4. The number of rotatable bonds is 6. The molecule has 0 bridgehead atoms. The minimum Gasteiger partial charge on any atom is -0.480 e. The summed E-state index contributed by atoms with van der Waals surface area (Å²) in [4.78, 5) is 26.1. The summed E-state index contributed by atoms with van der Waals surface area (Å²) in [5, 5.41) is 14.8. The highest BCUT2D eigenvalue weighted by Crippen LogP contribution is 2.44. The summed E-state index contributed by atoms with van der Waals surface area (Å²) >= 11 is 0. The van der Waals surface area contributed by atoms with Gasteiger partial charge in [-0.05, 0) is 34.7 Å². The predicted octanol–water partition coefficient (Wildman–Crippen LogP) is 3.68. The molecule has 2 aromatic rings. The monoisotopic (exact) mass is 366 g/mol. The van der Waals surface area contributed by atoms with Gasteiger partial charge in [0.15, 0.2) is 0 Å². The average molecular weight is 366 g/mol. The van der Waals surface area contributed by atoms with Gasteiger partial charge in [0, 0.05) is 10.8 Å². The van der Waals surface area contributed by atoms with Crippen LogP contribution in [0, 0.1) is 0 Å². The van der Waals surface area contributed by atoms with Crippen molar-refractivity contribution in [3.05, 3.63) is 70.1 Å². The Hall–Kier alpha value is -3.51. The second-order valence-corrected chi connectivity index (χ2v) is 6.48. The molecule has 27 heavy (non-hydrogen) atoms. The Kier molecular flexibility index (Phi) is 5.00. The first-order valence-corrected chi connectivity index (χ1v) is 8.33. The largest absolute Gasteiger partial charge is 0.480 e. The lowest BCUT2D eigenvalue weighted by Gasteiger charge is -2.24. The van der Waals surface area contributed by atoms with Crippen LogP contribution in [-0.2, 0) is 9.53 Å². The number of alkyl carbamates (subject to hydrolysis) is 1. The number of amides is 1. The van der Waals surface area contributed by atoms with E-state index in [1.165, 1.54) is 6.92 Å². The second kappa shape index (κ2) is 7.39. The van der Waals surface area contributed by atoms with Gasteiger partial charge in [-0.15, -0.1) is 0 Å². The minimum atomic E-state index is -1.74. The maximum Gasteiger partial charge on any atom is 0.408 e. The van der Waals surface area contributed by atoms with Gasteiger partial charge in [-0.25, -0.2) is 9.59 Å². The van der Waals surface area contributed by atoms with E-state index in [-0.39, 0.29) is 12.5 Å². The zero-order chi connectivity index (χ0) is 19.4. The molecular weight excluding hydrogens is 348 g/mol. The number of fused-ring (bicyclic) bond motifs is 3. The zero-order valence-corrected chi connectivity index (χ0v) is 14.6. The zero-order valence-electron chi connectivity index (χ0n) is 14.6. The van der Waals surface area contributed by atoms with Crippen LogP contribution in [-0.4, -0.2) is 35.9 Å². The van der Waals surface area contributed by atoms with E-state index in [2.05, 4.69) is 15.3 Å². The number of nitrogens with zero attached hydrogens (tertiary/aromatic N) is 3. The number of benzene rings is 2. The molecule has 0 fully saturated rings. The summed E-state index contributed by atoms with van der Waals surface area (Å²) in [5.74, 6) is -1.44. The lowest BCUT2D eigenvalue weighted by Crippen LogP contribution is -2.54. The van der Waals surface area contributed by atoms with E-state index >= 15 is 0 Å². The van der Waals surface area contributed by atoms with Crippen LogP contribution in [0.5, 0.6) is 0 Å². The summed E-state index contributed by atoms with van der Waals surface area (Å²) in [5.41, 5.74) is 11.0. The van der Waals surface area contributed by atoms with E-state index in [0.717, 1.165) is 22.3 Å². The van der Waals surface area contributed by atoms with Gasteiger partial charge >= 0.3 is 12.1 Å². The summed E-state index contributed by atoms with van der Waals surface area (Å²) in [7, 11) is 0. The van der Waals surface area contributed by atoms with Crippen molar-refractivity contribution in [1.82, 2.24) is 5.32 Å². The molecule has 0 saturated carbocycles. The summed E-state index contributed by atoms with van der Waals surface area (Å²) in [6.07, 6.45) is -0.880. The van der Waals surface area contributed by atoms with Gasteiger partial charge in [-0.2, -0.15) is 0 Å². The first-order valence-electron chi connectivity index (χ1n) is 8.33. The summed E-state index contributed by atoms with van der Waals surface area (Å²) in [6.45, 7) is 0.894. The molecule has 8 heteroatoms. The minimum absolute atomic E-state index is 0.0665. The molecule has 0 aliphatic heterocycles. The molecule has 1 atom stereocenters. The molecular formula is C19H18N4O4. The third kappa shape index (κ3) is 3.56. The topological polar surface area (TPSA) is 124 Å². The molecule has 0 heterocycles. The molecule has 0 radical (unpaired) electrons. The molecule has 0 unspecified atom stereocenters. The maximum atomic E-state index is 12.2. The van der Waals surface area contributed by atoms with Gasteiger partial charge < -0.3 is 15.2 Å². The number of carbonyl (C=O) groups is 2. The van der Waals surface area contributed by atoms with Crippen molar-refractivity contribution in [2.75, 3.05) is 13.2 Å². The molecule has 1 aliphatic carbocycles. The number of carboxylic acid groups (broad SMARTS) is 1. The Morgan fingerprint density at radius 3 is 2.26 bits per heavy atom. The Bertz CT molecular complexity index is 893. The van der Waals surface area contributed by atoms with E-state index < -0.39 is 24.1 Å². The number of carboxylic acids is 1. The van der Waals surface area contributed by atoms with E-state index in [9.17, 15) is 14.7 Å². The Labute approximate surface area is 155 Å². The smallest absolute Gasteiger partial charge is 0.408 e. The Morgan fingerprint density at radius 2 is 1.74 bits per heavy atom. The highest BCUT2D eigenvalue weighted by atomic mass is 16.5. The molecule has 3 rings (SSSR count). The molecule has 2 N–H and O–H groups in total. The van der Waals surface area contributed by atoms with Crippen molar-refractivity contribution in [3.63, 3.8) is 0 Å². The SMILES string of the molecule is C[C@](CN=[N+]=[N-])(NC(=O)OCC1c2ccccc2-c2ccccc21)C(=O)O. The van der Waals surface area contributed by atoms with E-state index in [1.54, 1.807) is 0 Å². The van der Waals surface area contributed by atoms with Crippen LogP contribution >= 0.6 is 0 Å². The van der Waals surface area contributed by atoms with Crippen LogP contribution in [0.4, 0.5) is 4.79 Å². The number of hydrogen-bond donors (Lipinski definition) is 2. The fourth-order valence-electron chi connectivity index (χ4n) is 3.19. The molecule has 8 nitrogen and oxygen atoms in total. The van der Waals surface area contributed by atoms with E-state index in [1.807, 2.05) is 48.5 Å². The quantitative estimate of drug-likeness (QED) is 0.459. The van der Waals surface area contributed by atoms with Crippen LogP contribution in [0.2, 0.25) is 0 Å².